The van der Waals surface area contributed by atoms with Gasteiger partial charge in [0.25, 0.3) is 0 Å². The number of hydrogen-bond donors (Lipinski definition) is 1. The predicted molar refractivity (Wildman–Crippen MR) is 81.2 cm³/mol. The summed E-state index contributed by atoms with van der Waals surface area (Å²) in [5, 5.41) is 0. The number of thioether (sulfide) groups is 1. The highest BCUT2D eigenvalue weighted by Crippen LogP contribution is 2.52. The van der Waals surface area contributed by atoms with Crippen molar-refractivity contribution < 1.29 is 19.1 Å². The molecule has 2 rings (SSSR count). The van der Waals surface area contributed by atoms with Crippen LogP contribution in [-0.2, 0) is 14.3 Å². The van der Waals surface area contributed by atoms with Crippen LogP contribution in [0.25, 0.3) is 0 Å². The lowest BCUT2D eigenvalue weighted by molar-refractivity contribution is -0.141. The highest BCUT2D eigenvalue weighted by Gasteiger charge is 2.44. The monoisotopic (exact) mass is 309 g/mol. The van der Waals surface area contributed by atoms with E-state index in [1.165, 1.54) is 14.2 Å². The molecule has 114 valence electrons. The number of anilines is 1. The summed E-state index contributed by atoms with van der Waals surface area (Å²) in [4.78, 5) is 23.8. The van der Waals surface area contributed by atoms with E-state index in [-0.39, 0.29) is 17.4 Å². The molecule has 0 saturated heterocycles. The van der Waals surface area contributed by atoms with E-state index in [0.29, 0.717) is 17.7 Å². The molecule has 0 aromatic heterocycles. The average molecular weight is 309 g/mol. The van der Waals surface area contributed by atoms with Gasteiger partial charge < -0.3 is 15.2 Å². The van der Waals surface area contributed by atoms with Gasteiger partial charge in [-0.25, -0.2) is 4.79 Å². The summed E-state index contributed by atoms with van der Waals surface area (Å²) >= 11 is 1.57. The maximum Gasteiger partial charge on any atom is 0.337 e. The maximum absolute atomic E-state index is 11.5. The standard InChI is InChI=1S/C15H19NO4S/c1-19-13(17)8-15(5-6-15)9-21-12-7-10(14(18)20-2)3-4-11(12)16/h3-4,7H,5-6,8-9,16H2,1-2H3. The van der Waals surface area contributed by atoms with E-state index in [1.54, 1.807) is 30.0 Å². The fourth-order valence-electron chi connectivity index (χ4n) is 2.06. The van der Waals surface area contributed by atoms with E-state index in [9.17, 15) is 9.59 Å². The molecule has 5 nitrogen and oxygen atoms in total. The lowest BCUT2D eigenvalue weighted by Crippen LogP contribution is -2.13. The average Bonchev–Trinajstić information content (AvgIpc) is 3.25. The van der Waals surface area contributed by atoms with E-state index in [0.717, 1.165) is 23.5 Å². The minimum atomic E-state index is -0.382. The van der Waals surface area contributed by atoms with Gasteiger partial charge in [-0.2, -0.15) is 0 Å². The summed E-state index contributed by atoms with van der Waals surface area (Å²) in [6, 6.07) is 5.08. The molecule has 1 aliphatic carbocycles. The van der Waals surface area contributed by atoms with Gasteiger partial charge in [-0.05, 0) is 36.5 Å². The Morgan fingerprint density at radius 1 is 1.29 bits per heavy atom. The lowest BCUT2D eigenvalue weighted by atomic mass is 10.1. The second kappa shape index (κ2) is 6.39. The number of hydrogen-bond acceptors (Lipinski definition) is 6. The number of nitrogens with two attached hydrogens (primary N) is 1. The van der Waals surface area contributed by atoms with Crippen LogP contribution in [-0.4, -0.2) is 31.9 Å². The van der Waals surface area contributed by atoms with E-state index in [1.807, 2.05) is 0 Å². The molecule has 0 amide bonds. The van der Waals surface area contributed by atoms with Crippen LogP contribution in [0.2, 0.25) is 0 Å². The molecule has 1 aromatic carbocycles. The van der Waals surface area contributed by atoms with Crippen molar-refractivity contribution >= 4 is 29.4 Å². The van der Waals surface area contributed by atoms with Crippen molar-refractivity contribution in [3.63, 3.8) is 0 Å². The van der Waals surface area contributed by atoms with Crippen LogP contribution in [0.4, 0.5) is 5.69 Å². The molecule has 0 bridgehead atoms. The molecule has 0 unspecified atom stereocenters. The number of ether oxygens (including phenoxy) is 2. The minimum Gasteiger partial charge on any atom is -0.469 e. The number of carbonyl (C=O) groups excluding carboxylic acids is 2. The molecule has 0 aliphatic heterocycles. The van der Waals surface area contributed by atoms with Crippen molar-refractivity contribution in [1.82, 2.24) is 0 Å². The topological polar surface area (TPSA) is 78.6 Å². The van der Waals surface area contributed by atoms with Gasteiger partial charge in [0.2, 0.25) is 0 Å². The Bertz CT molecular complexity index is 555. The Labute approximate surface area is 128 Å². The van der Waals surface area contributed by atoms with E-state index >= 15 is 0 Å². The predicted octanol–water partition coefficient (Wildman–Crippen LogP) is 2.49. The third-order valence-electron chi connectivity index (χ3n) is 3.67. The molecule has 0 spiro atoms. The van der Waals surface area contributed by atoms with Crippen LogP contribution in [0.3, 0.4) is 0 Å². The summed E-state index contributed by atoms with van der Waals surface area (Å²) in [5.41, 5.74) is 7.07. The summed E-state index contributed by atoms with van der Waals surface area (Å²) in [6.45, 7) is 0. The fourth-order valence-corrected chi connectivity index (χ4v) is 3.36. The van der Waals surface area contributed by atoms with Crippen molar-refractivity contribution in [2.75, 3.05) is 25.7 Å². The van der Waals surface area contributed by atoms with Gasteiger partial charge in [0.1, 0.15) is 0 Å². The Kier molecular flexibility index (Phi) is 4.77. The largest absolute Gasteiger partial charge is 0.469 e. The zero-order valence-electron chi connectivity index (χ0n) is 12.2. The molecule has 6 heteroatoms. The van der Waals surface area contributed by atoms with Crippen LogP contribution in [0.15, 0.2) is 23.1 Å². The van der Waals surface area contributed by atoms with Gasteiger partial charge in [-0.15, -0.1) is 11.8 Å². The lowest BCUT2D eigenvalue weighted by Gasteiger charge is -2.14. The molecule has 1 aliphatic rings. The Morgan fingerprint density at radius 3 is 2.57 bits per heavy atom. The number of carbonyl (C=O) groups is 2. The van der Waals surface area contributed by atoms with Crippen molar-refractivity contribution in [3.05, 3.63) is 23.8 Å². The number of nitrogen functional groups attached to an aromatic ring is 1. The summed E-state index contributed by atoms with van der Waals surface area (Å²) in [5.74, 6) is 0.230. The molecule has 1 fully saturated rings. The van der Waals surface area contributed by atoms with Crippen molar-refractivity contribution in [2.45, 2.75) is 24.2 Å². The summed E-state index contributed by atoms with van der Waals surface area (Å²) < 4.78 is 9.44. The molecule has 0 heterocycles. The highest BCUT2D eigenvalue weighted by molar-refractivity contribution is 7.99. The highest BCUT2D eigenvalue weighted by atomic mass is 32.2. The van der Waals surface area contributed by atoms with Crippen molar-refractivity contribution in [1.29, 1.82) is 0 Å². The molecule has 0 atom stereocenters. The molecular weight excluding hydrogens is 290 g/mol. The van der Waals surface area contributed by atoms with Crippen LogP contribution in [0.5, 0.6) is 0 Å². The van der Waals surface area contributed by atoms with Gasteiger partial charge in [-0.3, -0.25) is 4.79 Å². The van der Waals surface area contributed by atoms with E-state index in [4.69, 9.17) is 15.2 Å². The van der Waals surface area contributed by atoms with Crippen molar-refractivity contribution in [3.8, 4) is 0 Å². The second-order valence-corrected chi connectivity index (χ2v) is 6.30. The Morgan fingerprint density at radius 2 is 2.00 bits per heavy atom. The number of esters is 2. The summed E-state index contributed by atoms with van der Waals surface area (Å²) in [6.07, 6.45) is 2.48. The number of methoxy groups -OCH3 is 2. The molecule has 0 radical (unpaired) electrons. The molecule has 21 heavy (non-hydrogen) atoms. The second-order valence-electron chi connectivity index (χ2n) is 5.29. The van der Waals surface area contributed by atoms with Crippen LogP contribution < -0.4 is 5.73 Å². The SMILES string of the molecule is COC(=O)CC1(CSc2cc(C(=O)OC)ccc2N)CC1. The normalized spacial score (nSPS) is 15.3. The fraction of sp³-hybridized carbons (Fsp3) is 0.467. The molecule has 1 saturated carbocycles. The third-order valence-corrected chi connectivity index (χ3v) is 5.09. The van der Waals surface area contributed by atoms with Crippen LogP contribution in [0.1, 0.15) is 29.6 Å². The Balaban J connectivity index is 2.03. The van der Waals surface area contributed by atoms with Crippen molar-refractivity contribution in [2.24, 2.45) is 5.41 Å². The summed E-state index contributed by atoms with van der Waals surface area (Å²) in [7, 11) is 2.75. The minimum absolute atomic E-state index is 0.0193. The van der Waals surface area contributed by atoms with Gasteiger partial charge in [0.15, 0.2) is 0 Å². The first-order chi connectivity index (χ1) is 9.99. The van der Waals surface area contributed by atoms with Crippen LogP contribution in [0, 0.1) is 5.41 Å². The number of rotatable bonds is 6. The zero-order valence-corrected chi connectivity index (χ0v) is 13.0. The first kappa shape index (κ1) is 15.7. The van der Waals surface area contributed by atoms with Crippen LogP contribution >= 0.6 is 11.8 Å². The third kappa shape index (κ3) is 3.91. The van der Waals surface area contributed by atoms with E-state index in [2.05, 4.69) is 0 Å². The van der Waals surface area contributed by atoms with Gasteiger partial charge >= 0.3 is 11.9 Å². The zero-order chi connectivity index (χ0) is 15.5. The number of benzene rings is 1. The Hall–Kier alpha value is -1.69. The van der Waals surface area contributed by atoms with Gasteiger partial charge in [-0.1, -0.05) is 0 Å². The first-order valence-corrected chi connectivity index (χ1v) is 7.66. The molecule has 2 N–H and O–H groups in total. The molecular formula is C15H19NO4S. The maximum atomic E-state index is 11.5. The van der Waals surface area contributed by atoms with E-state index < -0.39 is 0 Å². The quantitative estimate of drug-likeness (QED) is 0.494. The molecule has 1 aromatic rings. The van der Waals surface area contributed by atoms with Gasteiger partial charge in [0, 0.05) is 16.3 Å². The van der Waals surface area contributed by atoms with Gasteiger partial charge in [0.05, 0.1) is 26.2 Å². The first-order valence-electron chi connectivity index (χ1n) is 6.67. The smallest absolute Gasteiger partial charge is 0.337 e.